The Labute approximate surface area is 163 Å². The number of fused-ring (bicyclic) bond motifs is 1. The lowest BCUT2D eigenvalue weighted by atomic mass is 9.93. The van der Waals surface area contributed by atoms with Gasteiger partial charge in [-0.2, -0.15) is 0 Å². The third kappa shape index (κ3) is 4.89. The Morgan fingerprint density at radius 2 is 1.88 bits per heavy atom. The minimum Gasteiger partial charge on any atom is -0.496 e. The standard InChI is InChI=1S/C20H26N2O.2ClH/c1-3-4-9-18(22-14-12-21-13-15-22)20-17-8-6-5-7-16(17)10-11-19(20)23-2;;/h3,5-8,10-11,18,21H,1,4,9,12-15H2,2H3;2*1H/t18-;;/m0../s1. The summed E-state index contributed by atoms with van der Waals surface area (Å²) in [7, 11) is 1.77. The number of halogens is 2. The van der Waals surface area contributed by atoms with Gasteiger partial charge in [0.15, 0.2) is 0 Å². The molecule has 1 heterocycles. The van der Waals surface area contributed by atoms with Gasteiger partial charge in [-0.15, -0.1) is 31.4 Å². The van der Waals surface area contributed by atoms with E-state index in [1.165, 1.54) is 16.3 Å². The molecular formula is C20H28Cl2N2O. The summed E-state index contributed by atoms with van der Waals surface area (Å²) >= 11 is 0. The fraction of sp³-hybridized carbons (Fsp3) is 0.400. The summed E-state index contributed by atoms with van der Waals surface area (Å²) in [4.78, 5) is 2.59. The Kier molecular flexibility index (Phi) is 9.30. The fourth-order valence-corrected chi connectivity index (χ4v) is 3.58. The lowest BCUT2D eigenvalue weighted by Gasteiger charge is -2.36. The van der Waals surface area contributed by atoms with Crippen molar-refractivity contribution in [3.8, 4) is 5.75 Å². The Bertz CT molecular complexity index is 672. The summed E-state index contributed by atoms with van der Waals surface area (Å²) in [5, 5.41) is 6.03. The third-order valence-electron chi connectivity index (χ3n) is 4.72. The maximum atomic E-state index is 5.74. The van der Waals surface area contributed by atoms with Crippen LogP contribution in [-0.2, 0) is 0 Å². The SMILES string of the molecule is C=CCC[C@@H](c1c(OC)ccc2ccccc12)N1CCNCC1.Cl.Cl. The van der Waals surface area contributed by atoms with E-state index in [0.717, 1.165) is 44.8 Å². The van der Waals surface area contributed by atoms with Gasteiger partial charge in [0.25, 0.3) is 0 Å². The molecule has 1 atom stereocenters. The lowest BCUT2D eigenvalue weighted by Crippen LogP contribution is -2.45. The van der Waals surface area contributed by atoms with Gasteiger partial charge in [-0.1, -0.05) is 36.4 Å². The van der Waals surface area contributed by atoms with E-state index in [9.17, 15) is 0 Å². The molecule has 2 aromatic rings. The van der Waals surface area contributed by atoms with Gasteiger partial charge in [0.2, 0.25) is 0 Å². The highest BCUT2D eigenvalue weighted by Crippen LogP contribution is 2.38. The van der Waals surface area contributed by atoms with Crippen LogP contribution in [0.5, 0.6) is 5.75 Å². The second-order valence-electron chi connectivity index (χ2n) is 6.07. The van der Waals surface area contributed by atoms with E-state index in [4.69, 9.17) is 4.74 Å². The van der Waals surface area contributed by atoms with Crippen molar-refractivity contribution in [2.24, 2.45) is 0 Å². The van der Waals surface area contributed by atoms with Crippen molar-refractivity contribution in [2.45, 2.75) is 18.9 Å². The zero-order valence-electron chi connectivity index (χ0n) is 14.7. The van der Waals surface area contributed by atoms with Crippen molar-refractivity contribution in [3.63, 3.8) is 0 Å². The van der Waals surface area contributed by atoms with Crippen LogP contribution in [0.3, 0.4) is 0 Å². The van der Waals surface area contributed by atoms with E-state index < -0.39 is 0 Å². The number of piperazine rings is 1. The Morgan fingerprint density at radius 3 is 2.56 bits per heavy atom. The number of hydrogen-bond acceptors (Lipinski definition) is 3. The number of hydrogen-bond donors (Lipinski definition) is 1. The van der Waals surface area contributed by atoms with Gasteiger partial charge < -0.3 is 10.1 Å². The average molecular weight is 383 g/mol. The molecule has 1 fully saturated rings. The first-order valence-electron chi connectivity index (χ1n) is 8.46. The molecule has 0 aromatic heterocycles. The normalized spacial score (nSPS) is 15.7. The molecule has 0 radical (unpaired) electrons. The molecule has 0 bridgehead atoms. The lowest BCUT2D eigenvalue weighted by molar-refractivity contribution is 0.164. The minimum atomic E-state index is 0. The van der Waals surface area contributed by atoms with Crippen LogP contribution >= 0.6 is 24.8 Å². The number of methoxy groups -OCH3 is 1. The summed E-state index contributed by atoms with van der Waals surface area (Å²) in [6, 6.07) is 13.3. The van der Waals surface area contributed by atoms with Crippen molar-refractivity contribution >= 4 is 35.6 Å². The molecule has 0 amide bonds. The molecule has 138 valence electrons. The molecule has 3 rings (SSSR count). The van der Waals surface area contributed by atoms with Crippen molar-refractivity contribution < 1.29 is 4.74 Å². The number of benzene rings is 2. The second kappa shape index (κ2) is 10.7. The summed E-state index contributed by atoms with van der Waals surface area (Å²) in [6.07, 6.45) is 4.11. The average Bonchev–Trinajstić information content (AvgIpc) is 2.63. The Balaban J connectivity index is 0.00000156. The van der Waals surface area contributed by atoms with Crippen LogP contribution in [0.15, 0.2) is 49.1 Å². The molecule has 0 aliphatic carbocycles. The monoisotopic (exact) mass is 382 g/mol. The van der Waals surface area contributed by atoms with Crippen LogP contribution in [0.25, 0.3) is 10.8 Å². The number of nitrogens with one attached hydrogen (secondary N) is 1. The summed E-state index contributed by atoms with van der Waals surface area (Å²) < 4.78 is 5.74. The van der Waals surface area contributed by atoms with Crippen molar-refractivity contribution in [3.05, 3.63) is 54.6 Å². The van der Waals surface area contributed by atoms with Crippen LogP contribution in [0, 0.1) is 0 Å². The Hall–Kier alpha value is -1.26. The number of allylic oxidation sites excluding steroid dienone is 1. The molecule has 1 aliphatic rings. The maximum Gasteiger partial charge on any atom is 0.124 e. The van der Waals surface area contributed by atoms with E-state index in [0.29, 0.717) is 6.04 Å². The first kappa shape index (κ1) is 21.8. The highest BCUT2D eigenvalue weighted by molar-refractivity contribution is 5.88. The largest absolute Gasteiger partial charge is 0.496 e. The fourth-order valence-electron chi connectivity index (χ4n) is 3.58. The maximum absolute atomic E-state index is 5.74. The summed E-state index contributed by atoms with van der Waals surface area (Å²) in [6.45, 7) is 8.18. The molecule has 25 heavy (non-hydrogen) atoms. The minimum absolute atomic E-state index is 0. The van der Waals surface area contributed by atoms with Gasteiger partial charge in [0, 0.05) is 37.8 Å². The zero-order valence-corrected chi connectivity index (χ0v) is 16.4. The molecular weight excluding hydrogens is 355 g/mol. The van der Waals surface area contributed by atoms with Gasteiger partial charge in [0.05, 0.1) is 7.11 Å². The molecule has 1 aliphatic heterocycles. The molecule has 1 saturated heterocycles. The summed E-state index contributed by atoms with van der Waals surface area (Å²) in [5.74, 6) is 0.997. The number of rotatable bonds is 6. The zero-order chi connectivity index (χ0) is 16.1. The number of nitrogens with zero attached hydrogens (tertiary/aromatic N) is 1. The topological polar surface area (TPSA) is 24.5 Å². The van der Waals surface area contributed by atoms with Crippen LogP contribution in [0.1, 0.15) is 24.4 Å². The van der Waals surface area contributed by atoms with E-state index in [-0.39, 0.29) is 24.8 Å². The van der Waals surface area contributed by atoms with E-state index in [1.54, 1.807) is 7.11 Å². The van der Waals surface area contributed by atoms with E-state index in [1.807, 2.05) is 6.08 Å². The first-order chi connectivity index (χ1) is 11.3. The highest BCUT2D eigenvalue weighted by atomic mass is 35.5. The van der Waals surface area contributed by atoms with Crippen LogP contribution in [0.2, 0.25) is 0 Å². The number of ether oxygens (including phenoxy) is 1. The molecule has 0 saturated carbocycles. The quantitative estimate of drug-likeness (QED) is 0.738. The smallest absolute Gasteiger partial charge is 0.124 e. The van der Waals surface area contributed by atoms with Gasteiger partial charge in [-0.3, -0.25) is 4.90 Å². The second-order valence-corrected chi connectivity index (χ2v) is 6.07. The molecule has 3 nitrogen and oxygen atoms in total. The van der Waals surface area contributed by atoms with E-state index in [2.05, 4.69) is 53.2 Å². The van der Waals surface area contributed by atoms with E-state index >= 15 is 0 Å². The van der Waals surface area contributed by atoms with Crippen LogP contribution < -0.4 is 10.1 Å². The van der Waals surface area contributed by atoms with Crippen LogP contribution in [0.4, 0.5) is 0 Å². The molecule has 1 N–H and O–H groups in total. The predicted molar refractivity (Wildman–Crippen MR) is 112 cm³/mol. The highest BCUT2D eigenvalue weighted by Gasteiger charge is 2.26. The van der Waals surface area contributed by atoms with Gasteiger partial charge in [-0.25, -0.2) is 0 Å². The van der Waals surface area contributed by atoms with Crippen molar-refractivity contribution in [1.29, 1.82) is 0 Å². The van der Waals surface area contributed by atoms with Crippen molar-refractivity contribution in [2.75, 3.05) is 33.3 Å². The third-order valence-corrected chi connectivity index (χ3v) is 4.72. The van der Waals surface area contributed by atoms with Gasteiger partial charge in [-0.05, 0) is 29.7 Å². The predicted octanol–water partition coefficient (Wildman–Crippen LogP) is 4.60. The van der Waals surface area contributed by atoms with Crippen LogP contribution in [-0.4, -0.2) is 38.2 Å². The Morgan fingerprint density at radius 1 is 1.16 bits per heavy atom. The molecule has 2 aromatic carbocycles. The summed E-state index contributed by atoms with van der Waals surface area (Å²) in [5.41, 5.74) is 1.33. The van der Waals surface area contributed by atoms with Gasteiger partial charge in [0.1, 0.15) is 5.75 Å². The molecule has 0 unspecified atom stereocenters. The van der Waals surface area contributed by atoms with Gasteiger partial charge >= 0.3 is 0 Å². The first-order valence-corrected chi connectivity index (χ1v) is 8.46. The van der Waals surface area contributed by atoms with Crippen molar-refractivity contribution in [1.82, 2.24) is 10.2 Å². The molecule has 0 spiro atoms. The molecule has 5 heteroatoms.